The zero-order valence-electron chi connectivity index (χ0n) is 14.8. The van der Waals surface area contributed by atoms with Crippen molar-refractivity contribution in [3.8, 4) is 17.2 Å². The van der Waals surface area contributed by atoms with Crippen LogP contribution < -0.4 is 10.2 Å². The summed E-state index contributed by atoms with van der Waals surface area (Å²) >= 11 is 14.2. The van der Waals surface area contributed by atoms with Crippen LogP contribution in [0.5, 0.6) is 0 Å². The van der Waals surface area contributed by atoms with E-state index in [2.05, 4.69) is 28.2 Å². The third kappa shape index (κ3) is 3.53. The van der Waals surface area contributed by atoms with Gasteiger partial charge in [-0.3, -0.25) is 4.99 Å². The minimum Gasteiger partial charge on any atom is -0.378 e. The molecule has 0 spiro atoms. The molecule has 0 aliphatic carbocycles. The number of nitrogens with one attached hydrogen (secondary N) is 1. The lowest BCUT2D eigenvalue weighted by molar-refractivity contribution is 0.123. The van der Waals surface area contributed by atoms with Crippen molar-refractivity contribution < 1.29 is 4.74 Å². The van der Waals surface area contributed by atoms with E-state index in [1.165, 1.54) is 0 Å². The van der Waals surface area contributed by atoms with Crippen molar-refractivity contribution in [3.63, 3.8) is 0 Å². The maximum absolute atomic E-state index is 10.0. The smallest absolute Gasteiger partial charge is 0.139 e. The summed E-state index contributed by atoms with van der Waals surface area (Å²) < 4.78 is 5.47. The molecule has 1 aromatic carbocycles. The van der Waals surface area contributed by atoms with Gasteiger partial charge in [-0.2, -0.15) is 5.26 Å². The van der Waals surface area contributed by atoms with Gasteiger partial charge in [0.25, 0.3) is 0 Å². The molecule has 140 valence electrons. The number of hydrogen-bond donors (Lipinski definition) is 1. The number of amidine groups is 1. The highest BCUT2D eigenvalue weighted by atomic mass is 35.5. The Morgan fingerprint density at radius 2 is 2.11 bits per heavy atom. The highest BCUT2D eigenvalue weighted by Crippen LogP contribution is 2.45. The van der Waals surface area contributed by atoms with Crippen LogP contribution in [0.1, 0.15) is 17.4 Å². The molecule has 0 saturated carbocycles. The maximum atomic E-state index is 10.0. The van der Waals surface area contributed by atoms with Crippen molar-refractivity contribution in [2.24, 2.45) is 4.99 Å². The summed E-state index contributed by atoms with van der Waals surface area (Å²) in [4.78, 5) is 7.81. The van der Waals surface area contributed by atoms with Gasteiger partial charge in [-0.15, -0.1) is 11.3 Å². The molecule has 1 fully saturated rings. The predicted octanol–water partition coefficient (Wildman–Crippen LogP) is 4.17. The van der Waals surface area contributed by atoms with E-state index in [1.54, 1.807) is 23.5 Å². The molecule has 4 rings (SSSR count). The molecule has 5 nitrogen and oxygen atoms in total. The van der Waals surface area contributed by atoms with Gasteiger partial charge in [-0.05, 0) is 19.1 Å². The zero-order chi connectivity index (χ0) is 19.0. The van der Waals surface area contributed by atoms with Crippen molar-refractivity contribution in [2.75, 3.05) is 37.7 Å². The molecule has 2 aliphatic rings. The van der Waals surface area contributed by atoms with Gasteiger partial charge >= 0.3 is 0 Å². The quantitative estimate of drug-likeness (QED) is 0.808. The molecular weight excluding hydrogens is 403 g/mol. The Morgan fingerprint density at radius 1 is 1.33 bits per heavy atom. The number of benzene rings is 1. The van der Waals surface area contributed by atoms with Gasteiger partial charge in [-0.25, -0.2) is 0 Å². The standard InChI is InChI=1S/C19H18Cl2N4OS/c1-11-10-23-18(24-11)17-16(13-3-2-12(20)8-15(13)21)14(9-22)19(27-17)25-4-6-26-7-5-25/h2-3,8,11H,4-7,10H2,1H3,(H,23,24). The highest BCUT2D eigenvalue weighted by Gasteiger charge is 2.29. The van der Waals surface area contributed by atoms with Gasteiger partial charge in [0.15, 0.2) is 0 Å². The molecule has 0 bridgehead atoms. The van der Waals surface area contributed by atoms with Crippen molar-refractivity contribution in [1.29, 1.82) is 5.26 Å². The molecule has 2 aliphatic heterocycles. The third-order valence-corrected chi connectivity index (χ3v) is 6.43. The lowest BCUT2D eigenvalue weighted by Gasteiger charge is -2.27. The van der Waals surface area contributed by atoms with E-state index in [9.17, 15) is 5.26 Å². The van der Waals surface area contributed by atoms with Crippen LogP contribution in [0, 0.1) is 11.3 Å². The fourth-order valence-electron chi connectivity index (χ4n) is 3.32. The second kappa shape index (κ2) is 7.69. The number of ether oxygens (including phenoxy) is 1. The number of hydrogen-bond acceptors (Lipinski definition) is 6. The number of morpholine rings is 1. The largest absolute Gasteiger partial charge is 0.378 e. The Hall–Kier alpha value is -1.78. The lowest BCUT2D eigenvalue weighted by atomic mass is 10.0. The molecule has 2 aromatic rings. The third-order valence-electron chi connectivity index (χ3n) is 4.62. The minimum atomic E-state index is 0.271. The molecule has 1 N–H and O–H groups in total. The Balaban J connectivity index is 1.91. The van der Waals surface area contributed by atoms with E-state index in [0.717, 1.165) is 46.5 Å². The summed E-state index contributed by atoms with van der Waals surface area (Å²) in [6.45, 7) is 5.65. The second-order valence-electron chi connectivity index (χ2n) is 6.56. The van der Waals surface area contributed by atoms with E-state index >= 15 is 0 Å². The van der Waals surface area contributed by atoms with Gasteiger partial charge in [0.05, 0.1) is 30.2 Å². The van der Waals surface area contributed by atoms with Gasteiger partial charge in [0.2, 0.25) is 0 Å². The molecule has 1 unspecified atom stereocenters. The first-order valence-corrected chi connectivity index (χ1v) is 10.3. The minimum absolute atomic E-state index is 0.271. The van der Waals surface area contributed by atoms with Crippen LogP contribution in [0.2, 0.25) is 10.0 Å². The monoisotopic (exact) mass is 420 g/mol. The summed E-state index contributed by atoms with van der Waals surface area (Å²) in [7, 11) is 0. The van der Waals surface area contributed by atoms with E-state index in [0.29, 0.717) is 28.8 Å². The summed E-state index contributed by atoms with van der Waals surface area (Å²) in [5, 5.41) is 15.5. The number of anilines is 1. The van der Waals surface area contributed by atoms with Crippen LogP contribution in [-0.2, 0) is 4.74 Å². The molecule has 8 heteroatoms. The molecule has 1 saturated heterocycles. The Labute approximate surface area is 172 Å². The Bertz CT molecular complexity index is 944. The van der Waals surface area contributed by atoms with E-state index in [-0.39, 0.29) is 6.04 Å². The number of thiophene rings is 1. The maximum Gasteiger partial charge on any atom is 0.139 e. The Morgan fingerprint density at radius 3 is 2.74 bits per heavy atom. The van der Waals surface area contributed by atoms with Gasteiger partial charge in [-0.1, -0.05) is 29.3 Å². The molecule has 0 amide bonds. The molecule has 1 atom stereocenters. The first-order chi connectivity index (χ1) is 13.1. The van der Waals surface area contributed by atoms with E-state index < -0.39 is 0 Å². The van der Waals surface area contributed by atoms with Crippen molar-refractivity contribution in [3.05, 3.63) is 38.7 Å². The summed E-state index contributed by atoms with van der Waals surface area (Å²) in [6.07, 6.45) is 0. The second-order valence-corrected chi connectivity index (χ2v) is 8.40. The van der Waals surface area contributed by atoms with Crippen molar-refractivity contribution in [1.82, 2.24) is 5.32 Å². The first-order valence-electron chi connectivity index (χ1n) is 8.75. The van der Waals surface area contributed by atoms with Crippen LogP contribution in [0.4, 0.5) is 5.00 Å². The number of aliphatic imine (C=N–C) groups is 1. The molecule has 0 radical (unpaired) electrons. The molecule has 3 heterocycles. The fraction of sp³-hybridized carbons (Fsp3) is 0.368. The van der Waals surface area contributed by atoms with Gasteiger partial charge < -0.3 is 15.0 Å². The average Bonchev–Trinajstić information content (AvgIpc) is 3.26. The number of rotatable bonds is 3. The number of nitrogens with zero attached hydrogens (tertiary/aromatic N) is 3. The number of nitriles is 1. The van der Waals surface area contributed by atoms with Crippen LogP contribution in [0.3, 0.4) is 0 Å². The lowest BCUT2D eigenvalue weighted by Crippen LogP contribution is -2.36. The molecular formula is C19H18Cl2N4OS. The van der Waals surface area contributed by atoms with Crippen molar-refractivity contribution in [2.45, 2.75) is 13.0 Å². The highest BCUT2D eigenvalue weighted by molar-refractivity contribution is 7.19. The topological polar surface area (TPSA) is 60.6 Å². The van der Waals surface area contributed by atoms with Gasteiger partial charge in [0, 0.05) is 40.3 Å². The van der Waals surface area contributed by atoms with Crippen molar-refractivity contribution >= 4 is 45.4 Å². The van der Waals surface area contributed by atoms with Crippen LogP contribution in [0.15, 0.2) is 23.2 Å². The van der Waals surface area contributed by atoms with Crippen LogP contribution >= 0.6 is 34.5 Å². The average molecular weight is 421 g/mol. The zero-order valence-corrected chi connectivity index (χ0v) is 17.1. The number of halogens is 2. The summed E-state index contributed by atoms with van der Waals surface area (Å²) in [5.41, 5.74) is 2.25. The molecule has 1 aromatic heterocycles. The van der Waals surface area contributed by atoms with E-state index in [1.807, 2.05) is 6.07 Å². The summed E-state index contributed by atoms with van der Waals surface area (Å²) in [5.74, 6) is 0.824. The fourth-order valence-corrected chi connectivity index (χ4v) is 5.11. The van der Waals surface area contributed by atoms with Crippen LogP contribution in [-0.4, -0.2) is 44.7 Å². The normalized spacial score (nSPS) is 19.6. The molecule has 27 heavy (non-hydrogen) atoms. The Kier molecular flexibility index (Phi) is 5.29. The SMILES string of the molecule is CC1CN=C(c2sc(N3CCOCC3)c(C#N)c2-c2ccc(Cl)cc2Cl)N1. The van der Waals surface area contributed by atoms with E-state index in [4.69, 9.17) is 27.9 Å². The summed E-state index contributed by atoms with van der Waals surface area (Å²) in [6, 6.07) is 8.06. The predicted molar refractivity (Wildman–Crippen MR) is 112 cm³/mol. The van der Waals surface area contributed by atoms with Gasteiger partial charge in [0.1, 0.15) is 16.9 Å². The first kappa shape index (κ1) is 18.6. The van der Waals surface area contributed by atoms with Crippen LogP contribution in [0.25, 0.3) is 11.1 Å².